The van der Waals surface area contributed by atoms with Crippen molar-refractivity contribution in [1.29, 1.82) is 0 Å². The van der Waals surface area contributed by atoms with Gasteiger partial charge in [-0.15, -0.1) is 0 Å². The number of anilines is 1. The first kappa shape index (κ1) is 12.4. The maximum absolute atomic E-state index is 11.1. The molecular weight excluding hydrogens is 242 g/mol. The molecule has 1 heterocycles. The van der Waals surface area contributed by atoms with Crippen LogP contribution in [-0.2, 0) is 0 Å². The Morgan fingerprint density at radius 3 is 2.95 bits per heavy atom. The summed E-state index contributed by atoms with van der Waals surface area (Å²) in [5, 5.41) is 14.3. The van der Waals surface area contributed by atoms with Gasteiger partial charge in [0.15, 0.2) is 0 Å². The van der Waals surface area contributed by atoms with Crippen LogP contribution in [-0.4, -0.2) is 16.5 Å². The Hall–Kier alpha value is -1.65. The number of hydrogen-bond acceptors (Lipinski definition) is 4. The van der Waals surface area contributed by atoms with E-state index in [1.807, 2.05) is 0 Å². The van der Waals surface area contributed by atoms with Gasteiger partial charge in [-0.25, -0.2) is 4.98 Å². The third-order valence-corrected chi connectivity index (χ3v) is 4.72. The number of pyridine rings is 1. The molecule has 5 nitrogen and oxygen atoms in total. The number of aromatic nitrogens is 1. The lowest BCUT2D eigenvalue weighted by atomic mass is 9.89. The first-order chi connectivity index (χ1) is 9.15. The lowest BCUT2D eigenvalue weighted by molar-refractivity contribution is -0.384. The summed E-state index contributed by atoms with van der Waals surface area (Å²) in [6.07, 6.45) is 6.97. The molecule has 0 radical (unpaired) electrons. The van der Waals surface area contributed by atoms with E-state index in [2.05, 4.69) is 10.3 Å². The Morgan fingerprint density at radius 2 is 2.32 bits per heavy atom. The first-order valence-corrected chi connectivity index (χ1v) is 6.99. The number of fused-ring (bicyclic) bond motifs is 2. The summed E-state index contributed by atoms with van der Waals surface area (Å²) in [6.45, 7) is 2.57. The van der Waals surface area contributed by atoms with E-state index in [4.69, 9.17) is 0 Å². The quantitative estimate of drug-likeness (QED) is 0.667. The van der Waals surface area contributed by atoms with E-state index in [0.29, 0.717) is 17.3 Å². The summed E-state index contributed by atoms with van der Waals surface area (Å²) in [5.41, 5.74) is 0.779. The van der Waals surface area contributed by atoms with Crippen molar-refractivity contribution in [3.05, 3.63) is 27.9 Å². The lowest BCUT2D eigenvalue weighted by Crippen LogP contribution is -2.21. The van der Waals surface area contributed by atoms with E-state index in [9.17, 15) is 10.1 Å². The molecule has 19 heavy (non-hydrogen) atoms. The van der Waals surface area contributed by atoms with Crippen LogP contribution in [0.3, 0.4) is 0 Å². The van der Waals surface area contributed by atoms with Crippen molar-refractivity contribution in [2.45, 2.75) is 32.6 Å². The molecule has 0 aromatic carbocycles. The molecule has 0 aliphatic heterocycles. The number of nitrogens with one attached hydrogen (secondary N) is 1. The summed E-state index contributed by atoms with van der Waals surface area (Å²) in [4.78, 5) is 14.9. The average Bonchev–Trinajstić information content (AvgIpc) is 2.97. The van der Waals surface area contributed by atoms with Crippen molar-refractivity contribution in [2.24, 2.45) is 17.8 Å². The smallest absolute Gasteiger partial charge is 0.314 e. The molecule has 2 fully saturated rings. The van der Waals surface area contributed by atoms with Crippen LogP contribution in [0.1, 0.15) is 31.2 Å². The predicted octanol–water partition coefficient (Wildman–Crippen LogP) is 3.15. The second-order valence-electron chi connectivity index (χ2n) is 5.90. The van der Waals surface area contributed by atoms with Crippen LogP contribution in [0, 0.1) is 34.8 Å². The van der Waals surface area contributed by atoms with Gasteiger partial charge in [0.25, 0.3) is 0 Å². The molecule has 3 atom stereocenters. The van der Waals surface area contributed by atoms with Gasteiger partial charge < -0.3 is 5.32 Å². The van der Waals surface area contributed by atoms with Gasteiger partial charge in [0.1, 0.15) is 0 Å². The number of hydrogen-bond donors (Lipinski definition) is 1. The van der Waals surface area contributed by atoms with Crippen molar-refractivity contribution in [3.8, 4) is 0 Å². The van der Waals surface area contributed by atoms with Gasteiger partial charge in [-0.2, -0.15) is 0 Å². The molecule has 5 heteroatoms. The highest BCUT2D eigenvalue weighted by Crippen LogP contribution is 2.48. The van der Waals surface area contributed by atoms with Crippen LogP contribution in [0.2, 0.25) is 0 Å². The molecule has 1 aromatic rings. The Kier molecular flexibility index (Phi) is 3.12. The summed E-state index contributed by atoms with van der Waals surface area (Å²) >= 11 is 0. The Bertz CT molecular complexity index is 503. The van der Waals surface area contributed by atoms with Crippen LogP contribution in [0.15, 0.2) is 12.3 Å². The van der Waals surface area contributed by atoms with E-state index in [1.54, 1.807) is 19.2 Å². The van der Waals surface area contributed by atoms with Crippen molar-refractivity contribution in [1.82, 2.24) is 4.98 Å². The van der Waals surface area contributed by atoms with Crippen LogP contribution in [0.5, 0.6) is 0 Å². The fourth-order valence-electron chi connectivity index (χ4n) is 3.76. The molecule has 3 unspecified atom stereocenters. The molecule has 102 valence electrons. The van der Waals surface area contributed by atoms with E-state index in [0.717, 1.165) is 18.4 Å². The second kappa shape index (κ2) is 4.79. The van der Waals surface area contributed by atoms with Crippen LogP contribution >= 0.6 is 0 Å². The van der Waals surface area contributed by atoms with Gasteiger partial charge >= 0.3 is 5.69 Å². The molecule has 1 N–H and O–H groups in total. The molecule has 3 rings (SSSR count). The third-order valence-electron chi connectivity index (χ3n) is 4.72. The normalized spacial score (nSPS) is 28.6. The number of aryl methyl sites for hydroxylation is 1. The first-order valence-electron chi connectivity index (χ1n) is 6.99. The number of nitro groups is 1. The summed E-state index contributed by atoms with van der Waals surface area (Å²) in [7, 11) is 0. The highest BCUT2D eigenvalue weighted by atomic mass is 16.6. The fourth-order valence-corrected chi connectivity index (χ4v) is 3.76. The monoisotopic (exact) mass is 261 g/mol. The zero-order chi connectivity index (χ0) is 13.4. The standard InChI is InChI=1S/C14H19N3O2/c1-9-4-5-15-14(13(9)17(18)19)16-8-12-7-10-2-3-11(12)6-10/h4-5,10-12H,2-3,6-8H2,1H3,(H,15,16). The van der Waals surface area contributed by atoms with Gasteiger partial charge in [-0.05, 0) is 50.0 Å². The molecule has 2 saturated carbocycles. The largest absolute Gasteiger partial charge is 0.364 e. The van der Waals surface area contributed by atoms with Gasteiger partial charge in [0.2, 0.25) is 5.82 Å². The Morgan fingerprint density at radius 1 is 1.47 bits per heavy atom. The third kappa shape index (κ3) is 2.29. The van der Waals surface area contributed by atoms with Crippen LogP contribution < -0.4 is 5.32 Å². The van der Waals surface area contributed by atoms with E-state index in [1.165, 1.54) is 25.7 Å². The molecule has 1 aromatic heterocycles. The van der Waals surface area contributed by atoms with Gasteiger partial charge in [0.05, 0.1) is 4.92 Å². The average molecular weight is 261 g/mol. The SMILES string of the molecule is Cc1ccnc(NCC2CC3CCC2C3)c1[N+](=O)[O-]. The summed E-state index contributed by atoms with van der Waals surface area (Å²) < 4.78 is 0. The van der Waals surface area contributed by atoms with E-state index < -0.39 is 0 Å². The highest BCUT2D eigenvalue weighted by Gasteiger charge is 2.39. The zero-order valence-electron chi connectivity index (χ0n) is 11.1. The van der Waals surface area contributed by atoms with E-state index >= 15 is 0 Å². The van der Waals surface area contributed by atoms with Crippen LogP contribution in [0.4, 0.5) is 11.5 Å². The number of nitrogens with zero attached hydrogens (tertiary/aromatic N) is 2. The van der Waals surface area contributed by atoms with Gasteiger partial charge in [0, 0.05) is 18.3 Å². The fraction of sp³-hybridized carbons (Fsp3) is 0.643. The molecule has 2 bridgehead atoms. The molecule has 0 amide bonds. The summed E-state index contributed by atoms with van der Waals surface area (Å²) in [5.74, 6) is 2.81. The maximum atomic E-state index is 11.1. The second-order valence-corrected chi connectivity index (χ2v) is 5.90. The minimum Gasteiger partial charge on any atom is -0.364 e. The Balaban J connectivity index is 1.70. The molecule has 0 saturated heterocycles. The predicted molar refractivity (Wildman–Crippen MR) is 73.1 cm³/mol. The minimum atomic E-state index is -0.342. The molecular formula is C14H19N3O2. The minimum absolute atomic E-state index is 0.116. The van der Waals surface area contributed by atoms with Crippen molar-refractivity contribution < 1.29 is 4.92 Å². The summed E-state index contributed by atoms with van der Waals surface area (Å²) in [6, 6.07) is 1.68. The highest BCUT2D eigenvalue weighted by molar-refractivity contribution is 5.59. The lowest BCUT2D eigenvalue weighted by Gasteiger charge is -2.22. The molecule has 0 spiro atoms. The van der Waals surface area contributed by atoms with Crippen molar-refractivity contribution in [3.63, 3.8) is 0 Å². The van der Waals surface area contributed by atoms with E-state index in [-0.39, 0.29) is 10.6 Å². The molecule has 2 aliphatic rings. The topological polar surface area (TPSA) is 68.1 Å². The van der Waals surface area contributed by atoms with Crippen molar-refractivity contribution in [2.75, 3.05) is 11.9 Å². The van der Waals surface area contributed by atoms with Gasteiger partial charge in [-0.3, -0.25) is 10.1 Å². The van der Waals surface area contributed by atoms with Gasteiger partial charge in [-0.1, -0.05) is 6.42 Å². The zero-order valence-corrected chi connectivity index (χ0v) is 11.1. The molecule has 2 aliphatic carbocycles. The Labute approximate surface area is 112 Å². The van der Waals surface area contributed by atoms with Crippen molar-refractivity contribution >= 4 is 11.5 Å². The number of rotatable bonds is 4. The maximum Gasteiger partial charge on any atom is 0.314 e. The van der Waals surface area contributed by atoms with Crippen LogP contribution in [0.25, 0.3) is 0 Å².